The van der Waals surface area contributed by atoms with Crippen molar-refractivity contribution in [1.29, 1.82) is 0 Å². The highest BCUT2D eigenvalue weighted by Gasteiger charge is 2.21. The van der Waals surface area contributed by atoms with Gasteiger partial charge in [-0.2, -0.15) is 0 Å². The van der Waals surface area contributed by atoms with E-state index >= 15 is 0 Å². The molecule has 0 spiro atoms. The van der Waals surface area contributed by atoms with Gasteiger partial charge >= 0.3 is 0 Å². The van der Waals surface area contributed by atoms with Crippen LogP contribution < -0.4 is 0 Å². The molecule has 1 fully saturated rings. The summed E-state index contributed by atoms with van der Waals surface area (Å²) in [5.41, 5.74) is 2.37. The fraction of sp³-hybridized carbons (Fsp3) is 0.667. The van der Waals surface area contributed by atoms with Crippen LogP contribution in [0.5, 0.6) is 0 Å². The smallest absolute Gasteiger partial charge is 0.0802 e. The Morgan fingerprint density at radius 1 is 1.24 bits per heavy atom. The van der Waals surface area contributed by atoms with Crippen LogP contribution in [0.4, 0.5) is 0 Å². The van der Waals surface area contributed by atoms with Gasteiger partial charge in [0, 0.05) is 12.6 Å². The normalized spacial score (nSPS) is 19.1. The Labute approximate surface area is 129 Å². The lowest BCUT2D eigenvalue weighted by Gasteiger charge is -2.35. The Balaban J connectivity index is 1.78. The summed E-state index contributed by atoms with van der Waals surface area (Å²) in [4.78, 5) is 4.82. The van der Waals surface area contributed by atoms with Gasteiger partial charge in [-0.3, -0.25) is 0 Å². The van der Waals surface area contributed by atoms with Gasteiger partial charge in [-0.1, -0.05) is 31.2 Å². The number of benzene rings is 1. The second-order valence-corrected chi connectivity index (χ2v) is 6.41. The minimum Gasteiger partial charge on any atom is -0.388 e. The van der Waals surface area contributed by atoms with Gasteiger partial charge in [-0.15, -0.1) is 0 Å². The summed E-state index contributed by atoms with van der Waals surface area (Å²) >= 11 is 0. The van der Waals surface area contributed by atoms with Crippen molar-refractivity contribution in [3.63, 3.8) is 0 Å². The zero-order valence-electron chi connectivity index (χ0n) is 13.8. The zero-order valence-corrected chi connectivity index (χ0v) is 13.8. The molecule has 1 heterocycles. The van der Waals surface area contributed by atoms with E-state index in [4.69, 9.17) is 0 Å². The third-order valence-electron chi connectivity index (χ3n) is 4.84. The summed E-state index contributed by atoms with van der Waals surface area (Å²) in [5.74, 6) is 0. The minimum atomic E-state index is -0.343. The lowest BCUT2D eigenvalue weighted by molar-refractivity contribution is 0.110. The first kappa shape index (κ1) is 16.5. The molecule has 1 N–H and O–H groups in total. The molecule has 1 aliphatic rings. The minimum absolute atomic E-state index is 0.343. The molecule has 21 heavy (non-hydrogen) atoms. The van der Waals surface area contributed by atoms with Crippen LogP contribution in [0.25, 0.3) is 0 Å². The first-order valence-electron chi connectivity index (χ1n) is 8.25. The highest BCUT2D eigenvalue weighted by Crippen LogP contribution is 2.20. The van der Waals surface area contributed by atoms with Gasteiger partial charge in [-0.05, 0) is 64.0 Å². The third kappa shape index (κ3) is 4.80. The predicted molar refractivity (Wildman–Crippen MR) is 88.5 cm³/mol. The van der Waals surface area contributed by atoms with Gasteiger partial charge < -0.3 is 14.9 Å². The van der Waals surface area contributed by atoms with E-state index in [-0.39, 0.29) is 6.10 Å². The van der Waals surface area contributed by atoms with Gasteiger partial charge in [0.05, 0.1) is 6.10 Å². The SMILES string of the molecule is CCc1ccc(C(O)CCN(C)C2CCN(C)CC2)cc1. The molecular weight excluding hydrogens is 260 g/mol. The maximum atomic E-state index is 10.3. The molecule has 3 nitrogen and oxygen atoms in total. The van der Waals surface area contributed by atoms with Crippen LogP contribution in [-0.2, 0) is 6.42 Å². The van der Waals surface area contributed by atoms with E-state index in [0.29, 0.717) is 6.04 Å². The number of piperidine rings is 1. The molecule has 118 valence electrons. The van der Waals surface area contributed by atoms with Crippen LogP contribution in [0, 0.1) is 0 Å². The van der Waals surface area contributed by atoms with E-state index in [0.717, 1.165) is 24.9 Å². The molecule has 3 heteroatoms. The van der Waals surface area contributed by atoms with Crippen LogP contribution in [0.15, 0.2) is 24.3 Å². The maximum Gasteiger partial charge on any atom is 0.0802 e. The lowest BCUT2D eigenvalue weighted by atomic mass is 10.0. The number of hydrogen-bond acceptors (Lipinski definition) is 3. The van der Waals surface area contributed by atoms with E-state index in [1.165, 1.54) is 31.5 Å². The Kier molecular flexibility index (Phi) is 6.22. The number of rotatable bonds is 6. The number of aliphatic hydroxyl groups excluding tert-OH is 1. The second-order valence-electron chi connectivity index (χ2n) is 6.41. The topological polar surface area (TPSA) is 26.7 Å². The van der Waals surface area contributed by atoms with Crippen molar-refractivity contribution < 1.29 is 5.11 Å². The highest BCUT2D eigenvalue weighted by atomic mass is 16.3. The fourth-order valence-electron chi connectivity index (χ4n) is 3.09. The van der Waals surface area contributed by atoms with Crippen molar-refractivity contribution in [2.24, 2.45) is 0 Å². The molecule has 1 saturated heterocycles. The predicted octanol–water partition coefficient (Wildman–Crippen LogP) is 2.70. The van der Waals surface area contributed by atoms with Crippen molar-refractivity contribution in [3.05, 3.63) is 35.4 Å². The van der Waals surface area contributed by atoms with Crippen molar-refractivity contribution in [3.8, 4) is 0 Å². The molecule has 0 saturated carbocycles. The molecule has 0 amide bonds. The number of aryl methyl sites for hydroxylation is 1. The summed E-state index contributed by atoms with van der Waals surface area (Å²) in [5, 5.41) is 10.3. The van der Waals surface area contributed by atoms with Crippen LogP contribution in [-0.4, -0.2) is 54.7 Å². The molecule has 0 bridgehead atoms. The molecule has 2 rings (SSSR count). The number of likely N-dealkylation sites (tertiary alicyclic amines) is 1. The highest BCUT2D eigenvalue weighted by molar-refractivity contribution is 5.24. The van der Waals surface area contributed by atoms with Gasteiger partial charge in [0.1, 0.15) is 0 Å². The monoisotopic (exact) mass is 290 g/mol. The van der Waals surface area contributed by atoms with Crippen LogP contribution >= 0.6 is 0 Å². The first-order valence-corrected chi connectivity index (χ1v) is 8.25. The van der Waals surface area contributed by atoms with Gasteiger partial charge in [0.25, 0.3) is 0 Å². The standard InChI is InChI=1S/C18H30N2O/c1-4-15-5-7-16(8-6-15)18(21)11-14-20(3)17-9-12-19(2)13-10-17/h5-8,17-18,21H,4,9-14H2,1-3H3. The summed E-state index contributed by atoms with van der Waals surface area (Å²) in [7, 11) is 4.39. The summed E-state index contributed by atoms with van der Waals surface area (Å²) in [6.45, 7) is 5.50. The zero-order chi connectivity index (χ0) is 15.2. The van der Waals surface area contributed by atoms with Crippen LogP contribution in [0.2, 0.25) is 0 Å². The fourth-order valence-corrected chi connectivity index (χ4v) is 3.09. The van der Waals surface area contributed by atoms with Crippen molar-refractivity contribution in [1.82, 2.24) is 9.80 Å². The Bertz CT molecular complexity index is 410. The number of aliphatic hydroxyl groups is 1. The van der Waals surface area contributed by atoms with E-state index in [1.807, 2.05) is 0 Å². The Morgan fingerprint density at radius 3 is 2.43 bits per heavy atom. The maximum absolute atomic E-state index is 10.3. The molecule has 1 aromatic carbocycles. The summed E-state index contributed by atoms with van der Waals surface area (Å²) in [6.07, 6.45) is 4.01. The molecule has 0 aromatic heterocycles. The van der Waals surface area contributed by atoms with Crippen LogP contribution in [0.1, 0.15) is 43.4 Å². The molecule has 0 radical (unpaired) electrons. The van der Waals surface area contributed by atoms with E-state index < -0.39 is 0 Å². The molecule has 0 aliphatic carbocycles. The first-order chi connectivity index (χ1) is 10.1. The van der Waals surface area contributed by atoms with Crippen molar-refractivity contribution in [2.75, 3.05) is 33.7 Å². The Hall–Kier alpha value is -0.900. The van der Waals surface area contributed by atoms with Crippen molar-refractivity contribution >= 4 is 0 Å². The molecule has 1 atom stereocenters. The summed E-state index contributed by atoms with van der Waals surface area (Å²) in [6, 6.07) is 9.06. The number of hydrogen-bond donors (Lipinski definition) is 1. The van der Waals surface area contributed by atoms with Gasteiger partial charge in [0.2, 0.25) is 0 Å². The largest absolute Gasteiger partial charge is 0.388 e. The second kappa shape index (κ2) is 7.92. The Morgan fingerprint density at radius 2 is 1.86 bits per heavy atom. The van der Waals surface area contributed by atoms with Gasteiger partial charge in [-0.25, -0.2) is 0 Å². The quantitative estimate of drug-likeness (QED) is 0.872. The van der Waals surface area contributed by atoms with E-state index in [2.05, 4.69) is 55.1 Å². The van der Waals surface area contributed by atoms with Crippen LogP contribution in [0.3, 0.4) is 0 Å². The molecule has 1 unspecified atom stereocenters. The van der Waals surface area contributed by atoms with E-state index in [1.54, 1.807) is 0 Å². The third-order valence-corrected chi connectivity index (χ3v) is 4.84. The van der Waals surface area contributed by atoms with E-state index in [9.17, 15) is 5.11 Å². The summed E-state index contributed by atoms with van der Waals surface area (Å²) < 4.78 is 0. The lowest BCUT2D eigenvalue weighted by Crippen LogP contribution is -2.42. The average molecular weight is 290 g/mol. The molecular formula is C18H30N2O. The van der Waals surface area contributed by atoms with Crippen molar-refractivity contribution in [2.45, 2.75) is 44.8 Å². The average Bonchev–Trinajstić information content (AvgIpc) is 2.53. The molecule has 1 aromatic rings. The molecule has 1 aliphatic heterocycles. The van der Waals surface area contributed by atoms with Gasteiger partial charge in [0.15, 0.2) is 0 Å². The number of nitrogens with zero attached hydrogens (tertiary/aromatic N) is 2.